The molecule has 0 saturated heterocycles. The second-order valence-electron chi connectivity index (χ2n) is 5.09. The fourth-order valence-corrected chi connectivity index (χ4v) is 1.21. The summed E-state index contributed by atoms with van der Waals surface area (Å²) in [6.07, 6.45) is 1.25. The fraction of sp³-hybridized carbons (Fsp3) is 0.818. The van der Waals surface area contributed by atoms with E-state index < -0.39 is 0 Å². The van der Waals surface area contributed by atoms with Crippen molar-refractivity contribution >= 4 is 6.71 Å². The largest absolute Gasteiger partial charge is 0.140 e. The van der Waals surface area contributed by atoms with Gasteiger partial charge in [0.15, 0.2) is 0 Å². The molecule has 0 saturated carbocycles. The minimum Gasteiger partial charge on any atom is -0.0996 e. The maximum Gasteiger partial charge on any atom is 0.140 e. The van der Waals surface area contributed by atoms with Gasteiger partial charge in [-0.05, 0) is 12.3 Å². The molecule has 12 heavy (non-hydrogen) atoms. The maximum atomic E-state index is 4.04. The van der Waals surface area contributed by atoms with E-state index in [-0.39, 0.29) is 0 Å². The van der Waals surface area contributed by atoms with Crippen molar-refractivity contribution in [1.29, 1.82) is 0 Å². The van der Waals surface area contributed by atoms with Gasteiger partial charge in [-0.15, -0.1) is 0 Å². The Bertz CT molecular complexity index is 156. The van der Waals surface area contributed by atoms with Crippen LogP contribution in [0.2, 0.25) is 19.0 Å². The third-order valence-electron chi connectivity index (χ3n) is 3.13. The highest BCUT2D eigenvalue weighted by molar-refractivity contribution is 6.59. The van der Waals surface area contributed by atoms with Gasteiger partial charge >= 0.3 is 0 Å². The number of allylic oxidation sites excluding steroid dienone is 1. The zero-order valence-electron chi connectivity index (χ0n) is 9.57. The minimum atomic E-state index is 0.309. The third kappa shape index (κ3) is 3.47. The summed E-state index contributed by atoms with van der Waals surface area (Å²) >= 11 is 0. The Kier molecular flexibility index (Phi) is 4.09. The van der Waals surface area contributed by atoms with Crippen LogP contribution in [-0.4, -0.2) is 6.71 Å². The van der Waals surface area contributed by atoms with Crippen molar-refractivity contribution < 1.29 is 0 Å². The van der Waals surface area contributed by atoms with Crippen LogP contribution in [0.1, 0.15) is 34.6 Å². The molecule has 0 radical (unpaired) electrons. The van der Waals surface area contributed by atoms with Gasteiger partial charge in [0.25, 0.3) is 0 Å². The van der Waals surface area contributed by atoms with E-state index in [1.807, 2.05) is 0 Å². The molecular weight excluding hydrogens is 143 g/mol. The van der Waals surface area contributed by atoms with Gasteiger partial charge in [-0.2, -0.15) is 0 Å². The normalized spacial score (nSPS) is 11.9. The Hall–Kier alpha value is -0.195. The van der Waals surface area contributed by atoms with Crippen molar-refractivity contribution in [3.63, 3.8) is 0 Å². The third-order valence-corrected chi connectivity index (χ3v) is 3.13. The summed E-state index contributed by atoms with van der Waals surface area (Å²) in [6.45, 7) is 18.4. The topological polar surface area (TPSA) is 0 Å². The van der Waals surface area contributed by atoms with Gasteiger partial charge in [-0.25, -0.2) is 0 Å². The smallest absolute Gasteiger partial charge is 0.0996 e. The fourth-order valence-electron chi connectivity index (χ4n) is 1.21. The van der Waals surface area contributed by atoms with Gasteiger partial charge in [0.2, 0.25) is 0 Å². The molecule has 70 valence electrons. The van der Waals surface area contributed by atoms with Gasteiger partial charge in [0.05, 0.1) is 0 Å². The molecule has 0 N–H and O–H groups in total. The predicted octanol–water partition coefficient (Wildman–Crippen LogP) is 4.12. The second-order valence-corrected chi connectivity index (χ2v) is 5.09. The number of hydrogen-bond acceptors (Lipinski definition) is 0. The number of rotatable bonds is 4. The Morgan fingerprint density at radius 1 is 1.42 bits per heavy atom. The first-order chi connectivity index (χ1) is 5.27. The van der Waals surface area contributed by atoms with Gasteiger partial charge in [-0.3, -0.25) is 0 Å². The van der Waals surface area contributed by atoms with Crippen LogP contribution in [0.5, 0.6) is 0 Å². The summed E-state index contributed by atoms with van der Waals surface area (Å²) in [7, 11) is 0. The summed E-state index contributed by atoms with van der Waals surface area (Å²) in [5, 5.41) is 0. The maximum absolute atomic E-state index is 4.04. The van der Waals surface area contributed by atoms with Crippen molar-refractivity contribution in [2.75, 3.05) is 0 Å². The van der Waals surface area contributed by atoms with Crippen LogP contribution in [0, 0.1) is 5.41 Å². The molecule has 0 heterocycles. The van der Waals surface area contributed by atoms with E-state index in [9.17, 15) is 0 Å². The molecule has 0 rings (SSSR count). The van der Waals surface area contributed by atoms with Gasteiger partial charge in [0.1, 0.15) is 6.71 Å². The summed E-state index contributed by atoms with van der Waals surface area (Å²) < 4.78 is 0. The molecular formula is C11H23B. The average molecular weight is 166 g/mol. The molecule has 0 aliphatic rings. The van der Waals surface area contributed by atoms with Gasteiger partial charge in [0, 0.05) is 0 Å². The highest BCUT2D eigenvalue weighted by atomic mass is 14.2. The van der Waals surface area contributed by atoms with Crippen molar-refractivity contribution in [2.24, 2.45) is 5.41 Å². The molecule has 0 unspecified atom stereocenters. The van der Waals surface area contributed by atoms with Crippen LogP contribution in [0.3, 0.4) is 0 Å². The first kappa shape index (κ1) is 11.8. The Morgan fingerprint density at radius 3 is 2.08 bits per heavy atom. The summed E-state index contributed by atoms with van der Waals surface area (Å²) in [5.41, 5.74) is 1.61. The van der Waals surface area contributed by atoms with Crippen molar-refractivity contribution in [1.82, 2.24) is 0 Å². The van der Waals surface area contributed by atoms with E-state index in [4.69, 9.17) is 0 Å². The lowest BCUT2D eigenvalue weighted by atomic mass is 9.38. The van der Waals surface area contributed by atoms with Crippen LogP contribution in [0.4, 0.5) is 0 Å². The molecule has 1 heteroatoms. The van der Waals surface area contributed by atoms with Crippen LogP contribution >= 0.6 is 0 Å². The Balaban J connectivity index is 4.15. The van der Waals surface area contributed by atoms with E-state index in [2.05, 4.69) is 48.0 Å². The molecule has 0 spiro atoms. The average Bonchev–Trinajstić information content (AvgIpc) is 1.85. The van der Waals surface area contributed by atoms with E-state index in [0.29, 0.717) is 5.41 Å². The molecule has 0 atom stereocenters. The SMILES string of the molecule is C=C(C)C(C)(C)CB(C)C(C)C. The molecule has 0 bridgehead atoms. The molecule has 0 aromatic rings. The minimum absolute atomic E-state index is 0.309. The second kappa shape index (κ2) is 4.16. The van der Waals surface area contributed by atoms with E-state index >= 15 is 0 Å². The molecule has 0 aromatic carbocycles. The monoisotopic (exact) mass is 166 g/mol. The Labute approximate surface area is 78.5 Å². The van der Waals surface area contributed by atoms with Crippen molar-refractivity contribution in [3.05, 3.63) is 12.2 Å². The highest BCUT2D eigenvalue weighted by Crippen LogP contribution is 2.33. The summed E-state index contributed by atoms with van der Waals surface area (Å²) in [6, 6.07) is 0. The molecule has 0 fully saturated rings. The number of hydrogen-bond donors (Lipinski definition) is 0. The van der Waals surface area contributed by atoms with E-state index in [1.165, 1.54) is 11.9 Å². The lowest BCUT2D eigenvalue weighted by molar-refractivity contribution is 0.498. The van der Waals surface area contributed by atoms with Crippen LogP contribution in [0.15, 0.2) is 12.2 Å². The first-order valence-electron chi connectivity index (χ1n) is 4.93. The highest BCUT2D eigenvalue weighted by Gasteiger charge is 2.24. The predicted molar refractivity (Wildman–Crippen MR) is 60.1 cm³/mol. The molecule has 0 aliphatic heterocycles. The van der Waals surface area contributed by atoms with Crippen LogP contribution in [0.25, 0.3) is 0 Å². The van der Waals surface area contributed by atoms with Crippen LogP contribution in [-0.2, 0) is 0 Å². The molecule has 0 nitrogen and oxygen atoms in total. The van der Waals surface area contributed by atoms with Crippen molar-refractivity contribution in [2.45, 2.75) is 53.6 Å². The quantitative estimate of drug-likeness (QED) is 0.435. The molecule has 0 aliphatic carbocycles. The van der Waals surface area contributed by atoms with E-state index in [1.54, 1.807) is 0 Å². The summed E-state index contributed by atoms with van der Waals surface area (Å²) in [4.78, 5) is 0. The zero-order valence-corrected chi connectivity index (χ0v) is 9.57. The molecule has 0 amide bonds. The molecule has 0 aromatic heterocycles. The van der Waals surface area contributed by atoms with E-state index in [0.717, 1.165) is 12.5 Å². The zero-order chi connectivity index (χ0) is 9.94. The summed E-state index contributed by atoms with van der Waals surface area (Å²) in [5.74, 6) is 0.781. The standard InChI is InChI=1S/C11H23B/c1-9(2)11(5,6)8-12(7)10(3)4/h10H,1,8H2,2-7H3. The van der Waals surface area contributed by atoms with Gasteiger partial charge < -0.3 is 0 Å². The Morgan fingerprint density at radius 2 is 1.83 bits per heavy atom. The van der Waals surface area contributed by atoms with Crippen LogP contribution < -0.4 is 0 Å². The first-order valence-corrected chi connectivity index (χ1v) is 4.93. The van der Waals surface area contributed by atoms with Gasteiger partial charge in [-0.1, -0.05) is 58.8 Å². The lowest BCUT2D eigenvalue weighted by Gasteiger charge is -2.28. The van der Waals surface area contributed by atoms with Crippen molar-refractivity contribution in [3.8, 4) is 0 Å². The lowest BCUT2D eigenvalue weighted by Crippen LogP contribution is -2.23.